The molecule has 1 rings (SSSR count). The predicted molar refractivity (Wildman–Crippen MR) is 54.0 cm³/mol. The maximum Gasteiger partial charge on any atom is 0.151 e. The molecule has 0 radical (unpaired) electrons. The fourth-order valence-electron chi connectivity index (χ4n) is 1.16. The van der Waals surface area contributed by atoms with Crippen LogP contribution in [0.15, 0.2) is 18.2 Å². The smallest absolute Gasteiger partial charge is 0.151 e. The zero-order chi connectivity index (χ0) is 10.6. The maximum absolute atomic E-state index is 13.2. The Hall–Kier alpha value is -0.930. The van der Waals surface area contributed by atoms with Crippen molar-refractivity contribution in [3.63, 3.8) is 0 Å². The summed E-state index contributed by atoms with van der Waals surface area (Å²) in [5.41, 5.74) is 0.273. The van der Waals surface area contributed by atoms with Crippen molar-refractivity contribution >= 4 is 17.4 Å². The quantitative estimate of drug-likeness (QED) is 0.830. The number of carbonyl (C=O) groups excluding carboxylic acids is 1. The summed E-state index contributed by atoms with van der Waals surface area (Å²) in [6.45, 7) is 0.227. The van der Waals surface area contributed by atoms with E-state index in [1.54, 1.807) is 13.1 Å². The monoisotopic (exact) mass is 215 g/mol. The molecule has 0 spiro atoms. The van der Waals surface area contributed by atoms with Crippen LogP contribution in [0.2, 0.25) is 5.02 Å². The van der Waals surface area contributed by atoms with Gasteiger partial charge in [0.15, 0.2) is 5.78 Å². The van der Waals surface area contributed by atoms with Crippen LogP contribution in [0.5, 0.6) is 0 Å². The summed E-state index contributed by atoms with van der Waals surface area (Å²) in [6, 6.07) is 4.39. The van der Waals surface area contributed by atoms with Gasteiger partial charge in [-0.2, -0.15) is 0 Å². The van der Waals surface area contributed by atoms with Crippen molar-refractivity contribution < 1.29 is 9.18 Å². The van der Waals surface area contributed by atoms with Crippen LogP contribution in [0.4, 0.5) is 4.39 Å². The molecule has 76 valence electrons. The Morgan fingerprint density at radius 3 is 2.86 bits per heavy atom. The molecular weight excluding hydrogens is 205 g/mol. The molecule has 0 aromatic heterocycles. The van der Waals surface area contributed by atoms with Crippen molar-refractivity contribution in [1.82, 2.24) is 5.32 Å². The van der Waals surface area contributed by atoms with E-state index in [0.717, 1.165) is 0 Å². The number of hydrogen-bond donors (Lipinski definition) is 1. The van der Waals surface area contributed by atoms with E-state index < -0.39 is 5.82 Å². The van der Waals surface area contributed by atoms with Gasteiger partial charge in [0.2, 0.25) is 0 Å². The fourth-order valence-corrected chi connectivity index (χ4v) is 1.39. The molecule has 0 unspecified atom stereocenters. The van der Waals surface area contributed by atoms with Gasteiger partial charge in [-0.3, -0.25) is 4.79 Å². The van der Waals surface area contributed by atoms with Crippen molar-refractivity contribution in [2.24, 2.45) is 0 Å². The van der Waals surface area contributed by atoms with Crippen molar-refractivity contribution in [2.75, 3.05) is 13.6 Å². The normalized spacial score (nSPS) is 10.2. The molecule has 1 aromatic rings. The number of benzene rings is 1. The Bertz CT molecular complexity index is 321. The van der Waals surface area contributed by atoms with E-state index >= 15 is 0 Å². The van der Waals surface area contributed by atoms with Gasteiger partial charge in [-0.15, -0.1) is 0 Å². The topological polar surface area (TPSA) is 29.1 Å². The molecule has 0 amide bonds. The first kappa shape index (κ1) is 11.1. The predicted octanol–water partition coefficient (Wildman–Crippen LogP) is 1.81. The first-order valence-corrected chi connectivity index (χ1v) is 4.62. The number of nitrogens with one attached hydrogen (secondary N) is 1. The third kappa shape index (κ3) is 2.79. The molecule has 0 aliphatic heterocycles. The second-order valence-corrected chi connectivity index (χ2v) is 3.35. The lowest BCUT2D eigenvalue weighted by atomic mass is 10.1. The van der Waals surface area contributed by atoms with Crippen molar-refractivity contribution in [3.05, 3.63) is 34.6 Å². The number of halogens is 2. The first-order valence-electron chi connectivity index (χ1n) is 4.24. The van der Waals surface area contributed by atoms with Crippen LogP contribution in [0.3, 0.4) is 0 Å². The van der Waals surface area contributed by atoms with Gasteiger partial charge >= 0.3 is 0 Å². The molecule has 14 heavy (non-hydrogen) atoms. The van der Waals surface area contributed by atoms with Crippen LogP contribution in [0, 0.1) is 5.82 Å². The van der Waals surface area contributed by atoms with Crippen molar-refractivity contribution in [3.8, 4) is 0 Å². The largest absolute Gasteiger partial charge is 0.313 e. The van der Waals surface area contributed by atoms with Crippen LogP contribution in [0.1, 0.15) is 5.56 Å². The van der Waals surface area contributed by atoms with Gasteiger partial charge in [0.1, 0.15) is 5.82 Å². The molecule has 0 saturated carbocycles. The summed E-state index contributed by atoms with van der Waals surface area (Å²) in [5, 5.41) is 3.01. The zero-order valence-electron chi connectivity index (χ0n) is 7.81. The van der Waals surface area contributed by atoms with Crippen LogP contribution >= 0.6 is 11.6 Å². The lowest BCUT2D eigenvalue weighted by Crippen LogP contribution is -2.20. The second-order valence-electron chi connectivity index (χ2n) is 2.95. The molecule has 4 heteroatoms. The minimum atomic E-state index is -0.429. The zero-order valence-corrected chi connectivity index (χ0v) is 8.57. The van der Waals surface area contributed by atoms with Gasteiger partial charge in [0, 0.05) is 17.0 Å². The highest BCUT2D eigenvalue weighted by Gasteiger charge is 2.10. The number of ketones is 1. The summed E-state index contributed by atoms with van der Waals surface area (Å²) in [7, 11) is 1.67. The van der Waals surface area contributed by atoms with Crippen LogP contribution in [-0.4, -0.2) is 19.4 Å². The summed E-state index contributed by atoms with van der Waals surface area (Å²) in [4.78, 5) is 11.2. The second kappa shape index (κ2) is 5.08. The third-order valence-electron chi connectivity index (χ3n) is 1.81. The molecule has 0 aliphatic carbocycles. The van der Waals surface area contributed by atoms with Crippen LogP contribution < -0.4 is 5.32 Å². The van der Waals surface area contributed by atoms with E-state index in [1.165, 1.54) is 12.1 Å². The van der Waals surface area contributed by atoms with E-state index in [-0.39, 0.29) is 24.3 Å². The number of Topliss-reactive ketones (excluding diaryl/α,β-unsaturated/α-hetero) is 1. The number of carbonyl (C=O) groups is 1. The SMILES string of the molecule is CNCC(=O)Cc1c(F)cccc1Cl. The van der Waals surface area contributed by atoms with Gasteiger partial charge in [0.25, 0.3) is 0 Å². The first-order chi connectivity index (χ1) is 6.65. The highest BCUT2D eigenvalue weighted by atomic mass is 35.5. The van der Waals surface area contributed by atoms with E-state index in [2.05, 4.69) is 5.32 Å². The van der Waals surface area contributed by atoms with E-state index in [9.17, 15) is 9.18 Å². The molecule has 1 aromatic carbocycles. The minimum absolute atomic E-state index is 0.0341. The maximum atomic E-state index is 13.2. The van der Waals surface area contributed by atoms with Crippen molar-refractivity contribution in [2.45, 2.75) is 6.42 Å². The van der Waals surface area contributed by atoms with E-state index in [4.69, 9.17) is 11.6 Å². The van der Waals surface area contributed by atoms with E-state index in [0.29, 0.717) is 5.02 Å². The molecule has 0 fully saturated rings. The molecule has 0 aliphatic rings. The number of likely N-dealkylation sites (N-methyl/N-ethyl adjacent to an activating group) is 1. The number of hydrogen-bond acceptors (Lipinski definition) is 2. The molecule has 0 saturated heterocycles. The van der Waals surface area contributed by atoms with Crippen molar-refractivity contribution in [1.29, 1.82) is 0 Å². The Morgan fingerprint density at radius 2 is 2.29 bits per heavy atom. The summed E-state index contributed by atoms with van der Waals surface area (Å²) < 4.78 is 13.2. The molecule has 0 atom stereocenters. The average Bonchev–Trinajstić information content (AvgIpc) is 2.12. The van der Waals surface area contributed by atoms with Gasteiger partial charge in [0.05, 0.1) is 6.54 Å². The van der Waals surface area contributed by atoms with Crippen LogP contribution in [0.25, 0.3) is 0 Å². The summed E-state index contributed by atoms with van der Waals surface area (Å²) >= 11 is 5.76. The lowest BCUT2D eigenvalue weighted by molar-refractivity contribution is -0.117. The molecule has 0 bridgehead atoms. The van der Waals surface area contributed by atoms with Gasteiger partial charge in [-0.25, -0.2) is 4.39 Å². The lowest BCUT2D eigenvalue weighted by Gasteiger charge is -2.04. The fraction of sp³-hybridized carbons (Fsp3) is 0.300. The van der Waals surface area contributed by atoms with Gasteiger partial charge < -0.3 is 5.32 Å². The Balaban J connectivity index is 2.80. The Labute approximate surface area is 87.1 Å². The highest BCUT2D eigenvalue weighted by Crippen LogP contribution is 2.19. The minimum Gasteiger partial charge on any atom is -0.313 e. The molecular formula is C10H11ClFNO. The molecule has 1 N–H and O–H groups in total. The van der Waals surface area contributed by atoms with Gasteiger partial charge in [-0.05, 0) is 19.2 Å². The Morgan fingerprint density at radius 1 is 1.57 bits per heavy atom. The molecule has 0 heterocycles. The summed E-state index contributed by atoms with van der Waals surface area (Å²) in [6.07, 6.45) is 0.0341. The summed E-state index contributed by atoms with van der Waals surface area (Å²) in [5.74, 6) is -0.513. The highest BCUT2D eigenvalue weighted by molar-refractivity contribution is 6.31. The number of rotatable bonds is 4. The van der Waals surface area contributed by atoms with Crippen LogP contribution in [-0.2, 0) is 11.2 Å². The average molecular weight is 216 g/mol. The third-order valence-corrected chi connectivity index (χ3v) is 2.16. The standard InChI is InChI=1S/C10H11ClFNO/c1-13-6-7(14)5-8-9(11)3-2-4-10(8)12/h2-4,13H,5-6H2,1H3. The van der Waals surface area contributed by atoms with Gasteiger partial charge in [-0.1, -0.05) is 17.7 Å². The molecule has 2 nitrogen and oxygen atoms in total. The van der Waals surface area contributed by atoms with E-state index in [1.807, 2.05) is 0 Å². The Kier molecular flexibility index (Phi) is 4.04.